The molecule has 2 rings (SSSR count). The number of carbonyl (C=O) groups excluding carboxylic acids is 1. The first-order chi connectivity index (χ1) is 9.50. The van der Waals surface area contributed by atoms with Crippen molar-refractivity contribution in [2.75, 3.05) is 18.1 Å². The van der Waals surface area contributed by atoms with E-state index < -0.39 is 23.7 Å². The Kier molecular flexibility index (Phi) is 5.04. The van der Waals surface area contributed by atoms with Gasteiger partial charge in [-0.1, -0.05) is 6.07 Å². The maximum absolute atomic E-state index is 14.0. The van der Waals surface area contributed by atoms with Gasteiger partial charge in [0.1, 0.15) is 5.82 Å². The molecular weight excluding hydrogens is 349 g/mol. The fourth-order valence-corrected chi connectivity index (χ4v) is 3.55. The number of hydrogen-bond acceptors (Lipinski definition) is 3. The SMILES string of the molecule is O=C(O)CC1CSCCN1C(=O)c1cccc(Br)c1F. The molecule has 1 aliphatic heterocycles. The molecule has 4 nitrogen and oxygen atoms in total. The fraction of sp³-hybridized carbons (Fsp3) is 0.385. The topological polar surface area (TPSA) is 57.6 Å². The summed E-state index contributed by atoms with van der Waals surface area (Å²) in [5, 5.41) is 8.91. The van der Waals surface area contributed by atoms with E-state index in [1.165, 1.54) is 17.0 Å². The van der Waals surface area contributed by atoms with E-state index in [2.05, 4.69) is 15.9 Å². The molecule has 0 radical (unpaired) electrons. The third-order valence-electron chi connectivity index (χ3n) is 3.08. The van der Waals surface area contributed by atoms with Crippen LogP contribution in [0.2, 0.25) is 0 Å². The van der Waals surface area contributed by atoms with Crippen molar-refractivity contribution in [3.05, 3.63) is 34.1 Å². The average Bonchev–Trinajstić information content (AvgIpc) is 2.41. The molecule has 1 saturated heterocycles. The molecule has 1 aliphatic rings. The van der Waals surface area contributed by atoms with Crippen LogP contribution in [0.1, 0.15) is 16.8 Å². The van der Waals surface area contributed by atoms with E-state index in [4.69, 9.17) is 5.11 Å². The third-order valence-corrected chi connectivity index (χ3v) is 4.78. The van der Waals surface area contributed by atoms with Crippen molar-refractivity contribution in [1.29, 1.82) is 0 Å². The van der Waals surface area contributed by atoms with E-state index in [-0.39, 0.29) is 16.5 Å². The molecule has 7 heteroatoms. The molecule has 1 unspecified atom stereocenters. The molecule has 20 heavy (non-hydrogen) atoms. The van der Waals surface area contributed by atoms with Gasteiger partial charge in [-0.05, 0) is 28.1 Å². The van der Waals surface area contributed by atoms with Crippen molar-refractivity contribution < 1.29 is 19.1 Å². The lowest BCUT2D eigenvalue weighted by Crippen LogP contribution is -2.47. The highest BCUT2D eigenvalue weighted by Gasteiger charge is 2.30. The Morgan fingerprint density at radius 1 is 1.50 bits per heavy atom. The number of benzene rings is 1. The Morgan fingerprint density at radius 2 is 2.25 bits per heavy atom. The molecule has 1 atom stereocenters. The second-order valence-corrected chi connectivity index (χ2v) is 6.43. The summed E-state index contributed by atoms with van der Waals surface area (Å²) in [4.78, 5) is 24.8. The van der Waals surface area contributed by atoms with Crippen LogP contribution in [0.25, 0.3) is 0 Å². The predicted molar refractivity (Wildman–Crippen MR) is 78.5 cm³/mol. The molecule has 0 saturated carbocycles. The van der Waals surface area contributed by atoms with Crippen molar-refractivity contribution >= 4 is 39.6 Å². The Morgan fingerprint density at radius 3 is 2.95 bits per heavy atom. The van der Waals surface area contributed by atoms with E-state index >= 15 is 0 Å². The first-order valence-electron chi connectivity index (χ1n) is 6.05. The highest BCUT2D eigenvalue weighted by atomic mass is 79.9. The first kappa shape index (κ1) is 15.3. The van der Waals surface area contributed by atoms with Gasteiger partial charge in [-0.25, -0.2) is 4.39 Å². The van der Waals surface area contributed by atoms with Crippen molar-refractivity contribution in [3.8, 4) is 0 Å². The van der Waals surface area contributed by atoms with Gasteiger partial charge >= 0.3 is 5.97 Å². The molecule has 1 aromatic carbocycles. The van der Waals surface area contributed by atoms with Crippen LogP contribution < -0.4 is 0 Å². The summed E-state index contributed by atoms with van der Waals surface area (Å²) >= 11 is 4.66. The van der Waals surface area contributed by atoms with Crippen LogP contribution in [-0.2, 0) is 4.79 Å². The number of hydrogen-bond donors (Lipinski definition) is 1. The van der Waals surface area contributed by atoms with Crippen LogP contribution in [-0.4, -0.2) is 46.0 Å². The highest BCUT2D eigenvalue weighted by Crippen LogP contribution is 2.24. The quantitative estimate of drug-likeness (QED) is 0.898. The fourth-order valence-electron chi connectivity index (χ4n) is 2.12. The first-order valence-corrected chi connectivity index (χ1v) is 8.00. The van der Waals surface area contributed by atoms with Gasteiger partial charge in [-0.15, -0.1) is 0 Å². The highest BCUT2D eigenvalue weighted by molar-refractivity contribution is 9.10. The van der Waals surface area contributed by atoms with E-state index in [1.807, 2.05) is 0 Å². The van der Waals surface area contributed by atoms with Gasteiger partial charge in [0.05, 0.1) is 22.5 Å². The molecule has 0 aliphatic carbocycles. The molecule has 1 aromatic rings. The minimum atomic E-state index is -0.954. The zero-order valence-electron chi connectivity index (χ0n) is 10.5. The van der Waals surface area contributed by atoms with E-state index in [9.17, 15) is 14.0 Å². The standard InChI is InChI=1S/C13H13BrFNO3S/c14-10-3-1-2-9(12(10)15)13(19)16-4-5-20-7-8(16)6-11(17)18/h1-3,8H,4-7H2,(H,17,18). The maximum Gasteiger partial charge on any atom is 0.305 e. The summed E-state index contributed by atoms with van der Waals surface area (Å²) < 4.78 is 14.2. The number of halogens is 2. The molecule has 0 spiro atoms. The number of nitrogens with zero attached hydrogens (tertiary/aromatic N) is 1. The number of carboxylic acid groups (broad SMARTS) is 1. The van der Waals surface area contributed by atoms with Gasteiger partial charge in [0, 0.05) is 18.1 Å². The lowest BCUT2D eigenvalue weighted by molar-refractivity contribution is -0.138. The molecule has 1 amide bonds. The Labute approximate surface area is 128 Å². The van der Waals surface area contributed by atoms with E-state index in [0.717, 1.165) is 5.75 Å². The summed E-state index contributed by atoms with van der Waals surface area (Å²) in [6.07, 6.45) is -0.117. The summed E-state index contributed by atoms with van der Waals surface area (Å²) in [7, 11) is 0. The van der Waals surface area contributed by atoms with Crippen LogP contribution in [0.15, 0.2) is 22.7 Å². The number of rotatable bonds is 3. The van der Waals surface area contributed by atoms with E-state index in [1.54, 1.807) is 17.8 Å². The summed E-state index contributed by atoms with van der Waals surface area (Å²) in [5.41, 5.74) is -0.0262. The van der Waals surface area contributed by atoms with Gasteiger partial charge in [-0.3, -0.25) is 9.59 Å². The van der Waals surface area contributed by atoms with Crippen molar-refractivity contribution in [2.45, 2.75) is 12.5 Å². The summed E-state index contributed by atoms with van der Waals surface area (Å²) in [6.45, 7) is 0.438. The van der Waals surface area contributed by atoms with Crippen molar-refractivity contribution in [1.82, 2.24) is 4.90 Å². The summed E-state index contributed by atoms with van der Waals surface area (Å²) in [6, 6.07) is 4.14. The second kappa shape index (κ2) is 6.58. The zero-order valence-corrected chi connectivity index (χ0v) is 12.9. The Bertz CT molecular complexity index is 540. The second-order valence-electron chi connectivity index (χ2n) is 4.43. The molecule has 0 aromatic heterocycles. The Hall–Kier alpha value is -1.08. The number of carbonyl (C=O) groups is 2. The molecular formula is C13H13BrFNO3S. The molecule has 108 valence electrons. The van der Waals surface area contributed by atoms with E-state index in [0.29, 0.717) is 12.3 Å². The minimum absolute atomic E-state index is 0.0262. The lowest BCUT2D eigenvalue weighted by Gasteiger charge is -2.34. The molecule has 0 bridgehead atoms. The van der Waals surface area contributed by atoms with Gasteiger partial charge in [-0.2, -0.15) is 11.8 Å². The molecule has 1 heterocycles. The monoisotopic (exact) mass is 361 g/mol. The van der Waals surface area contributed by atoms with Gasteiger partial charge < -0.3 is 10.0 Å². The third kappa shape index (κ3) is 3.32. The van der Waals surface area contributed by atoms with Gasteiger partial charge in [0.25, 0.3) is 5.91 Å². The van der Waals surface area contributed by atoms with Crippen molar-refractivity contribution in [2.24, 2.45) is 0 Å². The van der Waals surface area contributed by atoms with Crippen LogP contribution >= 0.6 is 27.7 Å². The predicted octanol–water partition coefficient (Wildman–Crippen LogP) is 2.62. The van der Waals surface area contributed by atoms with Crippen molar-refractivity contribution in [3.63, 3.8) is 0 Å². The average molecular weight is 362 g/mol. The zero-order chi connectivity index (χ0) is 14.7. The van der Waals surface area contributed by atoms with Gasteiger partial charge in [0.15, 0.2) is 0 Å². The summed E-state index contributed by atoms with van der Waals surface area (Å²) in [5.74, 6) is -0.712. The van der Waals surface area contributed by atoms with Gasteiger partial charge in [0.2, 0.25) is 0 Å². The number of carboxylic acids is 1. The normalized spacial score (nSPS) is 18.9. The van der Waals surface area contributed by atoms with Crippen LogP contribution in [0, 0.1) is 5.82 Å². The molecule has 1 fully saturated rings. The Balaban J connectivity index is 2.25. The largest absolute Gasteiger partial charge is 0.481 e. The number of amides is 1. The van der Waals surface area contributed by atoms with Crippen LogP contribution in [0.5, 0.6) is 0 Å². The number of aliphatic carboxylic acids is 1. The van der Waals surface area contributed by atoms with Crippen LogP contribution in [0.4, 0.5) is 4.39 Å². The lowest BCUT2D eigenvalue weighted by atomic mass is 10.1. The van der Waals surface area contributed by atoms with Crippen LogP contribution in [0.3, 0.4) is 0 Å². The maximum atomic E-state index is 14.0. The number of thioether (sulfide) groups is 1. The smallest absolute Gasteiger partial charge is 0.305 e. The molecule has 1 N–H and O–H groups in total. The minimum Gasteiger partial charge on any atom is -0.481 e.